The van der Waals surface area contributed by atoms with E-state index >= 15 is 0 Å². The van der Waals surface area contributed by atoms with Crippen molar-refractivity contribution in [2.75, 3.05) is 32.1 Å². The summed E-state index contributed by atoms with van der Waals surface area (Å²) in [5.41, 5.74) is 0. The summed E-state index contributed by atoms with van der Waals surface area (Å²) in [6.07, 6.45) is 8.16. The molecule has 2 saturated heterocycles. The Balaban J connectivity index is 1.67. The molecule has 3 aliphatic rings. The molecule has 21 heavy (non-hydrogen) atoms. The van der Waals surface area contributed by atoms with Gasteiger partial charge in [-0.15, -0.1) is 11.6 Å². The van der Waals surface area contributed by atoms with Crippen LogP contribution in [0, 0.1) is 17.8 Å². The molecule has 6 heteroatoms. The topological polar surface area (TPSA) is 40.6 Å². The van der Waals surface area contributed by atoms with Crippen LogP contribution >= 0.6 is 11.6 Å². The van der Waals surface area contributed by atoms with Crippen molar-refractivity contribution in [2.24, 2.45) is 17.8 Å². The van der Waals surface area contributed by atoms with Gasteiger partial charge in [0.1, 0.15) is 0 Å². The summed E-state index contributed by atoms with van der Waals surface area (Å²) in [4.78, 5) is 0. The maximum absolute atomic E-state index is 12.9. The Kier molecular flexibility index (Phi) is 5.14. The fourth-order valence-corrected chi connectivity index (χ4v) is 6.36. The number of hydrogen-bond acceptors (Lipinski definition) is 2. The minimum absolute atomic E-state index is 0.322. The van der Waals surface area contributed by atoms with Crippen LogP contribution in [0.5, 0.6) is 0 Å². The molecule has 1 aliphatic carbocycles. The average molecular weight is 335 g/mol. The quantitative estimate of drug-likeness (QED) is 0.744. The molecular weight excluding hydrogens is 308 g/mol. The molecule has 3 atom stereocenters. The number of nitrogens with zero attached hydrogens (tertiary/aromatic N) is 2. The summed E-state index contributed by atoms with van der Waals surface area (Å²) in [5, 5.41) is 0. The lowest BCUT2D eigenvalue weighted by Gasteiger charge is -2.43. The molecular formula is C15H27ClN2O2S. The normalized spacial score (nSPS) is 36.3. The van der Waals surface area contributed by atoms with Crippen LogP contribution in [0.2, 0.25) is 0 Å². The zero-order chi connectivity index (χ0) is 14.9. The molecule has 0 aromatic heterocycles. The first-order chi connectivity index (χ1) is 10.1. The van der Waals surface area contributed by atoms with Gasteiger partial charge in [0, 0.05) is 32.1 Å². The van der Waals surface area contributed by atoms with Crippen LogP contribution in [0.4, 0.5) is 0 Å². The average Bonchev–Trinajstić information content (AvgIpc) is 2.54. The molecule has 4 nitrogen and oxygen atoms in total. The number of alkyl halides is 1. The van der Waals surface area contributed by atoms with Crippen molar-refractivity contribution in [3.8, 4) is 0 Å². The highest BCUT2D eigenvalue weighted by Crippen LogP contribution is 2.37. The molecule has 3 unspecified atom stereocenters. The fraction of sp³-hybridized carbons (Fsp3) is 1.00. The molecule has 0 radical (unpaired) electrons. The van der Waals surface area contributed by atoms with Crippen LogP contribution in [0.15, 0.2) is 0 Å². The summed E-state index contributed by atoms with van der Waals surface area (Å²) in [6.45, 7) is 2.73. The number of hydrogen-bond donors (Lipinski definition) is 0. The molecule has 0 aromatic rings. The molecule has 2 aliphatic heterocycles. The smallest absolute Gasteiger partial charge is 0.195 e. The maximum Gasteiger partial charge on any atom is 0.281 e. The molecule has 1 saturated carbocycles. The van der Waals surface area contributed by atoms with E-state index in [9.17, 15) is 8.42 Å². The number of fused-ring (bicyclic) bond motifs is 1. The molecule has 0 N–H and O–H groups in total. The Morgan fingerprint density at radius 2 is 1.57 bits per heavy atom. The highest BCUT2D eigenvalue weighted by Gasteiger charge is 2.39. The van der Waals surface area contributed by atoms with Crippen molar-refractivity contribution in [3.05, 3.63) is 0 Å². The molecule has 122 valence electrons. The Labute approximate surface area is 134 Å². The van der Waals surface area contributed by atoms with Gasteiger partial charge in [-0.05, 0) is 43.4 Å². The molecule has 3 fully saturated rings. The second kappa shape index (κ2) is 6.73. The summed E-state index contributed by atoms with van der Waals surface area (Å²) >= 11 is 5.94. The van der Waals surface area contributed by atoms with Crippen molar-refractivity contribution in [2.45, 2.75) is 44.9 Å². The van der Waals surface area contributed by atoms with Crippen molar-refractivity contribution in [3.63, 3.8) is 0 Å². The molecule has 0 bridgehead atoms. The van der Waals surface area contributed by atoms with E-state index in [0.29, 0.717) is 37.4 Å². The second-order valence-corrected chi connectivity index (χ2v) is 9.22. The lowest BCUT2D eigenvalue weighted by molar-refractivity contribution is 0.128. The molecule has 2 heterocycles. The monoisotopic (exact) mass is 334 g/mol. The highest BCUT2D eigenvalue weighted by atomic mass is 35.5. The Morgan fingerprint density at radius 1 is 0.857 bits per heavy atom. The van der Waals surface area contributed by atoms with E-state index in [1.807, 2.05) is 0 Å². The zero-order valence-corrected chi connectivity index (χ0v) is 14.3. The van der Waals surface area contributed by atoms with E-state index in [4.69, 9.17) is 11.6 Å². The maximum atomic E-state index is 12.9. The van der Waals surface area contributed by atoms with Gasteiger partial charge in [0.25, 0.3) is 10.2 Å². The van der Waals surface area contributed by atoms with Gasteiger partial charge < -0.3 is 0 Å². The van der Waals surface area contributed by atoms with Gasteiger partial charge in [0.2, 0.25) is 0 Å². The predicted molar refractivity (Wildman–Crippen MR) is 85.6 cm³/mol. The third-order valence-electron chi connectivity index (χ3n) is 5.61. The number of piperidine rings is 2. The van der Waals surface area contributed by atoms with E-state index in [1.54, 1.807) is 8.61 Å². The molecule has 3 rings (SSSR count). The van der Waals surface area contributed by atoms with Crippen LogP contribution in [0.25, 0.3) is 0 Å². The van der Waals surface area contributed by atoms with Crippen LogP contribution in [-0.2, 0) is 10.2 Å². The van der Waals surface area contributed by atoms with Gasteiger partial charge in [-0.1, -0.05) is 19.3 Å². The van der Waals surface area contributed by atoms with E-state index < -0.39 is 10.2 Å². The van der Waals surface area contributed by atoms with Crippen molar-refractivity contribution in [1.29, 1.82) is 0 Å². The highest BCUT2D eigenvalue weighted by molar-refractivity contribution is 7.86. The lowest BCUT2D eigenvalue weighted by atomic mass is 9.76. The Bertz CT molecular complexity index is 457. The minimum Gasteiger partial charge on any atom is -0.195 e. The van der Waals surface area contributed by atoms with Gasteiger partial charge in [-0.2, -0.15) is 17.0 Å². The van der Waals surface area contributed by atoms with Crippen LogP contribution < -0.4 is 0 Å². The van der Waals surface area contributed by atoms with E-state index in [0.717, 1.165) is 31.7 Å². The molecule has 0 spiro atoms. The van der Waals surface area contributed by atoms with Gasteiger partial charge in [0.15, 0.2) is 0 Å². The number of halogens is 1. The number of rotatable bonds is 3. The van der Waals surface area contributed by atoms with E-state index in [2.05, 4.69) is 0 Å². The van der Waals surface area contributed by atoms with Gasteiger partial charge in [-0.3, -0.25) is 0 Å². The second-order valence-electron chi connectivity index (χ2n) is 6.98. The predicted octanol–water partition coefficient (Wildman–Crippen LogP) is 2.69. The third kappa shape index (κ3) is 3.41. The third-order valence-corrected chi connectivity index (χ3v) is 8.01. The van der Waals surface area contributed by atoms with E-state index in [1.165, 1.54) is 25.7 Å². The van der Waals surface area contributed by atoms with Gasteiger partial charge in [-0.25, -0.2) is 0 Å². The lowest BCUT2D eigenvalue weighted by Crippen LogP contribution is -2.52. The Hall–Kier alpha value is 0.160. The molecule has 0 amide bonds. The Morgan fingerprint density at radius 3 is 2.33 bits per heavy atom. The fourth-order valence-electron chi connectivity index (χ4n) is 4.30. The summed E-state index contributed by atoms with van der Waals surface area (Å²) in [6, 6.07) is 0. The molecule has 0 aromatic carbocycles. The zero-order valence-electron chi connectivity index (χ0n) is 12.7. The largest absolute Gasteiger partial charge is 0.281 e. The van der Waals surface area contributed by atoms with Crippen LogP contribution in [-0.4, -0.2) is 49.1 Å². The van der Waals surface area contributed by atoms with Crippen molar-refractivity contribution >= 4 is 21.8 Å². The summed E-state index contributed by atoms with van der Waals surface area (Å²) < 4.78 is 29.2. The first-order valence-corrected chi connectivity index (χ1v) is 10.4. The van der Waals surface area contributed by atoms with Gasteiger partial charge >= 0.3 is 0 Å². The SMILES string of the molecule is O=S(=O)(N1CCCC(CCl)C1)N1CCC2CCCCC2C1. The first kappa shape index (κ1) is 16.0. The van der Waals surface area contributed by atoms with Crippen LogP contribution in [0.3, 0.4) is 0 Å². The minimum atomic E-state index is -3.27. The van der Waals surface area contributed by atoms with E-state index in [-0.39, 0.29) is 0 Å². The first-order valence-electron chi connectivity index (χ1n) is 8.42. The van der Waals surface area contributed by atoms with Gasteiger partial charge in [0.05, 0.1) is 0 Å². The van der Waals surface area contributed by atoms with Crippen molar-refractivity contribution in [1.82, 2.24) is 8.61 Å². The van der Waals surface area contributed by atoms with Crippen molar-refractivity contribution < 1.29 is 8.42 Å². The summed E-state index contributed by atoms with van der Waals surface area (Å²) in [7, 11) is -3.27. The standard InChI is InChI=1S/C15H27ClN2O2S/c16-10-13-4-3-8-17(11-13)21(19,20)18-9-7-14-5-1-2-6-15(14)12-18/h13-15H,1-12H2. The van der Waals surface area contributed by atoms with Crippen LogP contribution in [0.1, 0.15) is 44.9 Å². The summed E-state index contributed by atoms with van der Waals surface area (Å²) in [5.74, 6) is 2.25.